The summed E-state index contributed by atoms with van der Waals surface area (Å²) in [7, 11) is 0. The number of aromatic nitrogens is 1. The molecule has 1 fully saturated rings. The van der Waals surface area contributed by atoms with Crippen LogP contribution < -0.4 is 0 Å². The number of hydrogen-bond acceptors (Lipinski definition) is 4. The molecule has 142 valence electrons. The lowest BCUT2D eigenvalue weighted by atomic mass is 9.84. The highest BCUT2D eigenvalue weighted by Crippen LogP contribution is 2.33. The van der Waals surface area contributed by atoms with Crippen molar-refractivity contribution in [3.8, 4) is 0 Å². The van der Waals surface area contributed by atoms with Gasteiger partial charge in [-0.15, -0.1) is 0 Å². The highest BCUT2D eigenvalue weighted by Gasteiger charge is 2.33. The van der Waals surface area contributed by atoms with Gasteiger partial charge in [-0.1, -0.05) is 17.3 Å². The number of hydrogen-bond donors (Lipinski definition) is 1. The molecule has 0 spiro atoms. The van der Waals surface area contributed by atoms with E-state index in [9.17, 15) is 13.9 Å². The van der Waals surface area contributed by atoms with Crippen LogP contribution in [0.25, 0.3) is 11.0 Å². The lowest BCUT2D eigenvalue weighted by Gasteiger charge is -2.38. The van der Waals surface area contributed by atoms with Crippen molar-refractivity contribution >= 4 is 11.0 Å². The normalized spacial score (nSPS) is 17.4. The Balaban J connectivity index is 1.30. The molecule has 6 heteroatoms. The SMILES string of the molecule is OC1(c2ccc(F)cc2)CCN(CCCc2noc3cc(F)ccc23)CC1. The lowest BCUT2D eigenvalue weighted by molar-refractivity contribution is -0.0260. The summed E-state index contributed by atoms with van der Waals surface area (Å²) >= 11 is 0. The summed E-state index contributed by atoms with van der Waals surface area (Å²) in [5.41, 5.74) is 1.23. The topological polar surface area (TPSA) is 49.5 Å². The molecule has 27 heavy (non-hydrogen) atoms. The van der Waals surface area contributed by atoms with Gasteiger partial charge in [0.2, 0.25) is 0 Å². The van der Waals surface area contributed by atoms with Gasteiger partial charge in [-0.2, -0.15) is 0 Å². The molecule has 0 aliphatic carbocycles. The minimum absolute atomic E-state index is 0.289. The van der Waals surface area contributed by atoms with Gasteiger partial charge in [-0.25, -0.2) is 8.78 Å². The van der Waals surface area contributed by atoms with E-state index < -0.39 is 5.60 Å². The number of nitrogens with zero attached hydrogens (tertiary/aromatic N) is 2. The van der Waals surface area contributed by atoms with Crippen molar-refractivity contribution in [2.45, 2.75) is 31.3 Å². The van der Waals surface area contributed by atoms with Gasteiger partial charge in [0.25, 0.3) is 0 Å². The van der Waals surface area contributed by atoms with E-state index in [0.29, 0.717) is 18.4 Å². The number of halogens is 2. The Hall–Kier alpha value is -2.31. The number of piperidine rings is 1. The fraction of sp³-hybridized carbons (Fsp3) is 0.381. The van der Waals surface area contributed by atoms with E-state index in [2.05, 4.69) is 10.1 Å². The van der Waals surface area contributed by atoms with Gasteiger partial charge in [0, 0.05) is 24.5 Å². The summed E-state index contributed by atoms with van der Waals surface area (Å²) in [6.45, 7) is 2.48. The van der Waals surface area contributed by atoms with Crippen LogP contribution in [-0.2, 0) is 12.0 Å². The van der Waals surface area contributed by atoms with Crippen molar-refractivity contribution < 1.29 is 18.4 Å². The molecule has 4 nitrogen and oxygen atoms in total. The van der Waals surface area contributed by atoms with E-state index in [-0.39, 0.29) is 11.6 Å². The molecular weight excluding hydrogens is 350 g/mol. The van der Waals surface area contributed by atoms with Crippen molar-refractivity contribution in [1.82, 2.24) is 10.1 Å². The molecular formula is C21H22F2N2O2. The Labute approximate surface area is 156 Å². The summed E-state index contributed by atoms with van der Waals surface area (Å²) in [6.07, 6.45) is 2.93. The van der Waals surface area contributed by atoms with Crippen LogP contribution in [-0.4, -0.2) is 34.8 Å². The number of rotatable bonds is 5. The van der Waals surface area contributed by atoms with Gasteiger partial charge >= 0.3 is 0 Å². The van der Waals surface area contributed by atoms with Crippen molar-refractivity contribution in [2.75, 3.05) is 19.6 Å². The smallest absolute Gasteiger partial charge is 0.170 e. The van der Waals surface area contributed by atoms with Gasteiger partial charge in [0.1, 0.15) is 11.6 Å². The maximum atomic E-state index is 13.2. The van der Waals surface area contributed by atoms with Gasteiger partial charge < -0.3 is 14.5 Å². The first-order valence-electron chi connectivity index (χ1n) is 9.28. The van der Waals surface area contributed by atoms with Crippen LogP contribution in [0.15, 0.2) is 47.0 Å². The third-order valence-corrected chi connectivity index (χ3v) is 5.46. The summed E-state index contributed by atoms with van der Waals surface area (Å²) in [5, 5.41) is 15.8. The van der Waals surface area contributed by atoms with Gasteiger partial charge in [0.15, 0.2) is 5.58 Å². The monoisotopic (exact) mass is 372 g/mol. The number of benzene rings is 2. The molecule has 3 aromatic rings. The van der Waals surface area contributed by atoms with E-state index >= 15 is 0 Å². The number of aliphatic hydroxyl groups is 1. The zero-order valence-electron chi connectivity index (χ0n) is 15.0. The van der Waals surface area contributed by atoms with Crippen LogP contribution in [0, 0.1) is 11.6 Å². The average Bonchev–Trinajstić information content (AvgIpc) is 3.06. The minimum Gasteiger partial charge on any atom is -0.385 e. The first-order valence-corrected chi connectivity index (χ1v) is 9.28. The van der Waals surface area contributed by atoms with E-state index in [4.69, 9.17) is 4.52 Å². The zero-order valence-corrected chi connectivity index (χ0v) is 15.0. The molecule has 0 unspecified atom stereocenters. The van der Waals surface area contributed by atoms with Crippen molar-refractivity contribution in [2.24, 2.45) is 0 Å². The third-order valence-electron chi connectivity index (χ3n) is 5.46. The number of aryl methyl sites for hydroxylation is 1. The van der Waals surface area contributed by atoms with Gasteiger partial charge in [-0.3, -0.25) is 0 Å². The predicted molar refractivity (Wildman–Crippen MR) is 98.3 cm³/mol. The Morgan fingerprint density at radius 3 is 2.48 bits per heavy atom. The molecule has 2 aromatic carbocycles. The van der Waals surface area contributed by atoms with Crippen molar-refractivity contribution in [3.63, 3.8) is 0 Å². The first-order chi connectivity index (χ1) is 13.0. The second-order valence-corrected chi connectivity index (χ2v) is 7.25. The Morgan fingerprint density at radius 2 is 1.74 bits per heavy atom. The molecule has 4 rings (SSSR count). The van der Waals surface area contributed by atoms with E-state index in [0.717, 1.165) is 49.1 Å². The molecule has 0 radical (unpaired) electrons. The quantitative estimate of drug-likeness (QED) is 0.735. The van der Waals surface area contributed by atoms with Crippen LogP contribution >= 0.6 is 0 Å². The van der Waals surface area contributed by atoms with Crippen LogP contribution in [0.5, 0.6) is 0 Å². The van der Waals surface area contributed by atoms with Gasteiger partial charge in [0.05, 0.1) is 11.3 Å². The standard InChI is InChI=1S/C21H22F2N2O2/c22-16-5-3-15(4-6-16)21(26)9-12-25(13-10-21)11-1-2-19-18-8-7-17(23)14-20(18)27-24-19/h3-8,14,26H,1-2,9-13H2. The molecule has 0 amide bonds. The Kier molecular flexibility index (Phi) is 4.93. The number of fused-ring (bicyclic) bond motifs is 1. The van der Waals surface area contributed by atoms with Crippen LogP contribution in [0.2, 0.25) is 0 Å². The molecule has 1 aliphatic rings. The average molecular weight is 372 g/mol. The highest BCUT2D eigenvalue weighted by molar-refractivity contribution is 5.79. The summed E-state index contributed by atoms with van der Waals surface area (Å²) in [6, 6.07) is 10.6. The molecule has 0 bridgehead atoms. The van der Waals surface area contributed by atoms with Crippen LogP contribution in [0.1, 0.15) is 30.5 Å². The van der Waals surface area contributed by atoms with Gasteiger partial charge in [-0.05, 0) is 62.1 Å². The van der Waals surface area contributed by atoms with Crippen LogP contribution in [0.3, 0.4) is 0 Å². The predicted octanol–water partition coefficient (Wildman–Crippen LogP) is 4.02. The zero-order chi connectivity index (χ0) is 18.9. The Morgan fingerprint density at radius 1 is 1.04 bits per heavy atom. The molecule has 2 heterocycles. The maximum absolute atomic E-state index is 13.2. The minimum atomic E-state index is -0.878. The molecule has 1 N–H and O–H groups in total. The summed E-state index contributed by atoms with van der Waals surface area (Å²) in [4.78, 5) is 2.32. The second kappa shape index (κ2) is 7.37. The number of likely N-dealkylation sites (tertiary alicyclic amines) is 1. The third kappa shape index (κ3) is 3.87. The highest BCUT2D eigenvalue weighted by atomic mass is 19.1. The first kappa shape index (κ1) is 18.1. The fourth-order valence-corrected chi connectivity index (χ4v) is 3.81. The fourth-order valence-electron chi connectivity index (χ4n) is 3.81. The van der Waals surface area contributed by atoms with E-state index in [1.807, 2.05) is 0 Å². The van der Waals surface area contributed by atoms with Crippen LogP contribution in [0.4, 0.5) is 8.78 Å². The molecule has 0 saturated carbocycles. The lowest BCUT2D eigenvalue weighted by Crippen LogP contribution is -2.42. The molecule has 1 aliphatic heterocycles. The summed E-state index contributed by atoms with van der Waals surface area (Å²) < 4.78 is 31.5. The van der Waals surface area contributed by atoms with E-state index in [1.165, 1.54) is 24.3 Å². The molecule has 1 saturated heterocycles. The van der Waals surface area contributed by atoms with Crippen molar-refractivity contribution in [3.05, 3.63) is 65.4 Å². The van der Waals surface area contributed by atoms with E-state index in [1.54, 1.807) is 18.2 Å². The second-order valence-electron chi connectivity index (χ2n) is 7.25. The molecule has 1 aromatic heterocycles. The molecule has 0 atom stereocenters. The largest absolute Gasteiger partial charge is 0.385 e. The van der Waals surface area contributed by atoms with Crippen molar-refractivity contribution in [1.29, 1.82) is 0 Å². The maximum Gasteiger partial charge on any atom is 0.170 e. The Bertz CT molecular complexity index is 916. The summed E-state index contributed by atoms with van der Waals surface area (Å²) in [5.74, 6) is -0.616.